The van der Waals surface area contributed by atoms with E-state index in [2.05, 4.69) is 58.5 Å². The summed E-state index contributed by atoms with van der Waals surface area (Å²) < 4.78 is 2.28. The van der Waals surface area contributed by atoms with Gasteiger partial charge in [0.15, 0.2) is 0 Å². The highest BCUT2D eigenvalue weighted by molar-refractivity contribution is 6.31. The fraction of sp³-hybridized carbons (Fsp3) is 0.167. The molecular weight excluding hydrogens is 387 g/mol. The molecule has 0 aliphatic rings. The van der Waals surface area contributed by atoms with Gasteiger partial charge in [0, 0.05) is 40.2 Å². The van der Waals surface area contributed by atoms with Crippen molar-refractivity contribution in [1.29, 1.82) is 0 Å². The van der Waals surface area contributed by atoms with E-state index in [-0.39, 0.29) is 0 Å². The van der Waals surface area contributed by atoms with E-state index in [0.29, 0.717) is 0 Å². The predicted molar refractivity (Wildman–Crippen MR) is 119 cm³/mol. The first-order valence-corrected chi connectivity index (χ1v) is 10.2. The van der Waals surface area contributed by atoms with E-state index in [0.717, 1.165) is 41.7 Å². The molecule has 1 heterocycles. The molecule has 0 atom stereocenters. The average Bonchev–Trinajstić information content (AvgIpc) is 3.06. The number of rotatable bonds is 7. The van der Waals surface area contributed by atoms with Crippen LogP contribution in [0, 0.1) is 0 Å². The van der Waals surface area contributed by atoms with E-state index in [1.807, 2.05) is 30.3 Å². The molecule has 28 heavy (non-hydrogen) atoms. The zero-order valence-electron chi connectivity index (χ0n) is 15.5. The quantitative estimate of drug-likeness (QED) is 0.353. The molecule has 4 heteroatoms. The minimum atomic E-state index is 0.769. The van der Waals surface area contributed by atoms with Gasteiger partial charge in [0.2, 0.25) is 0 Å². The van der Waals surface area contributed by atoms with Crippen LogP contribution in [0.15, 0.2) is 79.0 Å². The molecule has 1 aromatic heterocycles. The number of benzene rings is 3. The SMILES string of the molecule is Clc1ccc(CCNCc2cn(Cc3ccccc3Cl)c3ccccc23)cc1. The summed E-state index contributed by atoms with van der Waals surface area (Å²) in [6.07, 6.45) is 3.22. The van der Waals surface area contributed by atoms with Gasteiger partial charge in [0.05, 0.1) is 0 Å². The van der Waals surface area contributed by atoms with Crippen LogP contribution < -0.4 is 5.32 Å². The molecule has 3 aromatic carbocycles. The summed E-state index contributed by atoms with van der Waals surface area (Å²) in [6.45, 7) is 2.53. The fourth-order valence-electron chi connectivity index (χ4n) is 3.51. The molecular formula is C24H22Cl2N2. The molecule has 0 amide bonds. The molecule has 0 fully saturated rings. The maximum absolute atomic E-state index is 6.37. The average molecular weight is 409 g/mol. The van der Waals surface area contributed by atoms with Crippen LogP contribution in [0.5, 0.6) is 0 Å². The van der Waals surface area contributed by atoms with E-state index in [1.54, 1.807) is 0 Å². The monoisotopic (exact) mass is 408 g/mol. The van der Waals surface area contributed by atoms with Crippen molar-refractivity contribution in [2.75, 3.05) is 6.54 Å². The molecule has 0 aliphatic carbocycles. The fourth-order valence-corrected chi connectivity index (χ4v) is 3.83. The number of aromatic nitrogens is 1. The zero-order valence-corrected chi connectivity index (χ0v) is 17.0. The van der Waals surface area contributed by atoms with Gasteiger partial charge in [-0.15, -0.1) is 0 Å². The van der Waals surface area contributed by atoms with Crippen molar-refractivity contribution < 1.29 is 0 Å². The highest BCUT2D eigenvalue weighted by Crippen LogP contribution is 2.24. The first kappa shape index (κ1) is 19.1. The summed E-state index contributed by atoms with van der Waals surface area (Å²) in [6, 6.07) is 24.6. The van der Waals surface area contributed by atoms with Gasteiger partial charge in [-0.1, -0.05) is 71.7 Å². The Labute approximate surface area is 175 Å². The van der Waals surface area contributed by atoms with Gasteiger partial charge < -0.3 is 9.88 Å². The minimum absolute atomic E-state index is 0.769. The third-order valence-electron chi connectivity index (χ3n) is 4.99. The Morgan fingerprint density at radius 2 is 1.54 bits per heavy atom. The lowest BCUT2D eigenvalue weighted by Gasteiger charge is -2.07. The third kappa shape index (κ3) is 4.41. The molecule has 4 rings (SSSR count). The second-order valence-electron chi connectivity index (χ2n) is 6.94. The molecule has 0 bridgehead atoms. The smallest absolute Gasteiger partial charge is 0.0491 e. The lowest BCUT2D eigenvalue weighted by Crippen LogP contribution is -2.16. The van der Waals surface area contributed by atoms with Crippen LogP contribution in [0.3, 0.4) is 0 Å². The van der Waals surface area contributed by atoms with E-state index in [9.17, 15) is 0 Å². The van der Waals surface area contributed by atoms with Crippen molar-refractivity contribution in [3.63, 3.8) is 0 Å². The Bertz CT molecular complexity index is 1070. The van der Waals surface area contributed by atoms with Crippen LogP contribution in [0.1, 0.15) is 16.7 Å². The second-order valence-corrected chi connectivity index (χ2v) is 7.79. The minimum Gasteiger partial charge on any atom is -0.343 e. The zero-order chi connectivity index (χ0) is 19.3. The topological polar surface area (TPSA) is 17.0 Å². The first-order valence-electron chi connectivity index (χ1n) is 9.46. The van der Waals surface area contributed by atoms with Crippen molar-refractivity contribution in [2.24, 2.45) is 0 Å². The van der Waals surface area contributed by atoms with Gasteiger partial charge in [-0.05, 0) is 53.9 Å². The maximum Gasteiger partial charge on any atom is 0.0491 e. The Kier molecular flexibility index (Phi) is 6.01. The van der Waals surface area contributed by atoms with Crippen molar-refractivity contribution in [3.05, 3.63) is 106 Å². The van der Waals surface area contributed by atoms with Crippen LogP contribution in [0.4, 0.5) is 0 Å². The first-order chi connectivity index (χ1) is 13.7. The molecule has 2 nitrogen and oxygen atoms in total. The van der Waals surface area contributed by atoms with Crippen LogP contribution >= 0.6 is 23.2 Å². The molecule has 0 unspecified atom stereocenters. The van der Waals surface area contributed by atoms with Gasteiger partial charge in [-0.25, -0.2) is 0 Å². The number of nitrogens with one attached hydrogen (secondary N) is 1. The van der Waals surface area contributed by atoms with Crippen LogP contribution in [0.2, 0.25) is 10.0 Å². The van der Waals surface area contributed by atoms with E-state index in [4.69, 9.17) is 23.2 Å². The number of hydrogen-bond donors (Lipinski definition) is 1. The largest absolute Gasteiger partial charge is 0.343 e. The standard InChI is InChI=1S/C24H22Cl2N2/c25-21-11-9-18(10-12-21)13-14-27-15-20-17-28(24-8-4-2-6-22(20)24)16-19-5-1-3-7-23(19)26/h1-12,17,27H,13-16H2. The van der Waals surface area contributed by atoms with E-state index < -0.39 is 0 Å². The normalized spacial score (nSPS) is 11.2. The molecule has 0 radical (unpaired) electrons. The van der Waals surface area contributed by atoms with Crippen LogP contribution in [-0.2, 0) is 19.5 Å². The van der Waals surface area contributed by atoms with Crippen molar-refractivity contribution in [3.8, 4) is 0 Å². The number of halogens is 2. The van der Waals surface area contributed by atoms with E-state index in [1.165, 1.54) is 22.0 Å². The molecule has 4 aromatic rings. The predicted octanol–water partition coefficient (Wildman–Crippen LogP) is 6.33. The van der Waals surface area contributed by atoms with Crippen molar-refractivity contribution >= 4 is 34.1 Å². The summed E-state index contributed by atoms with van der Waals surface area (Å²) in [5.74, 6) is 0. The molecule has 142 valence electrons. The Hall–Kier alpha value is -2.26. The van der Waals surface area contributed by atoms with Gasteiger partial charge in [0.1, 0.15) is 0 Å². The highest BCUT2D eigenvalue weighted by atomic mass is 35.5. The van der Waals surface area contributed by atoms with Crippen molar-refractivity contribution in [2.45, 2.75) is 19.5 Å². The summed E-state index contributed by atoms with van der Waals surface area (Å²) >= 11 is 12.3. The molecule has 1 N–H and O–H groups in total. The van der Waals surface area contributed by atoms with E-state index >= 15 is 0 Å². The second kappa shape index (κ2) is 8.83. The Morgan fingerprint density at radius 1 is 0.786 bits per heavy atom. The van der Waals surface area contributed by atoms with Gasteiger partial charge in [-0.2, -0.15) is 0 Å². The Morgan fingerprint density at radius 3 is 2.36 bits per heavy atom. The summed E-state index contributed by atoms with van der Waals surface area (Å²) in [4.78, 5) is 0. The van der Waals surface area contributed by atoms with Gasteiger partial charge >= 0.3 is 0 Å². The van der Waals surface area contributed by atoms with Crippen LogP contribution in [0.25, 0.3) is 10.9 Å². The molecule has 0 aliphatic heterocycles. The van der Waals surface area contributed by atoms with Gasteiger partial charge in [-0.3, -0.25) is 0 Å². The number of nitrogens with zero attached hydrogens (tertiary/aromatic N) is 1. The summed E-state index contributed by atoms with van der Waals surface area (Å²) in [7, 11) is 0. The maximum atomic E-state index is 6.37. The Balaban J connectivity index is 1.46. The summed E-state index contributed by atoms with van der Waals surface area (Å²) in [5, 5.41) is 6.45. The number of hydrogen-bond acceptors (Lipinski definition) is 1. The van der Waals surface area contributed by atoms with Crippen LogP contribution in [-0.4, -0.2) is 11.1 Å². The number of fused-ring (bicyclic) bond motifs is 1. The lowest BCUT2D eigenvalue weighted by molar-refractivity contribution is 0.686. The van der Waals surface area contributed by atoms with Gasteiger partial charge in [0.25, 0.3) is 0 Å². The highest BCUT2D eigenvalue weighted by Gasteiger charge is 2.09. The lowest BCUT2D eigenvalue weighted by atomic mass is 10.1. The molecule has 0 spiro atoms. The number of para-hydroxylation sites is 1. The summed E-state index contributed by atoms with van der Waals surface area (Å²) in [5.41, 5.74) is 4.96. The third-order valence-corrected chi connectivity index (χ3v) is 5.61. The molecule has 0 saturated carbocycles. The van der Waals surface area contributed by atoms with Crippen molar-refractivity contribution in [1.82, 2.24) is 9.88 Å². The molecule has 0 saturated heterocycles.